The lowest BCUT2D eigenvalue weighted by Gasteiger charge is -2.28. The van der Waals surface area contributed by atoms with Crippen LogP contribution in [0.3, 0.4) is 0 Å². The molecule has 0 bridgehead atoms. The molecule has 0 heterocycles. The molecule has 0 radical (unpaired) electrons. The van der Waals surface area contributed by atoms with E-state index in [4.69, 9.17) is 24.0 Å². The van der Waals surface area contributed by atoms with Crippen molar-refractivity contribution >= 4 is 28.5 Å². The fourth-order valence-corrected chi connectivity index (χ4v) is 5.48. The van der Waals surface area contributed by atoms with Gasteiger partial charge in [-0.2, -0.15) is 0 Å². The van der Waals surface area contributed by atoms with Gasteiger partial charge in [0, 0.05) is 36.5 Å². The summed E-state index contributed by atoms with van der Waals surface area (Å²) in [6, 6.07) is 7.15. The molecule has 126 valence electrons. The van der Waals surface area contributed by atoms with Crippen LogP contribution < -0.4 is 0 Å². The molecule has 0 N–H and O–H groups in total. The van der Waals surface area contributed by atoms with Crippen LogP contribution in [0.2, 0.25) is 6.04 Å². The Kier molecular flexibility index (Phi) is 8.02. The Morgan fingerprint density at radius 3 is 1.77 bits per heavy atom. The van der Waals surface area contributed by atoms with Crippen molar-refractivity contribution in [3.05, 3.63) is 29.8 Å². The second kappa shape index (κ2) is 9.00. The maximum Gasteiger partial charge on any atom is 0.501 e. The SMILES string of the molecule is CCO[Si](CCc1ccc(S(=O)(=O)Cl)cc1)(OCC)OCC. The van der Waals surface area contributed by atoms with Crippen LogP contribution in [0.25, 0.3) is 0 Å². The molecule has 0 saturated heterocycles. The highest BCUT2D eigenvalue weighted by molar-refractivity contribution is 8.13. The first-order valence-electron chi connectivity index (χ1n) is 7.32. The van der Waals surface area contributed by atoms with Crippen molar-refractivity contribution in [2.24, 2.45) is 0 Å². The van der Waals surface area contributed by atoms with Gasteiger partial charge in [-0.25, -0.2) is 8.42 Å². The molecule has 0 aliphatic rings. The first-order chi connectivity index (χ1) is 10.4. The van der Waals surface area contributed by atoms with Gasteiger partial charge in [0.1, 0.15) is 0 Å². The average Bonchev–Trinajstić information content (AvgIpc) is 2.45. The van der Waals surface area contributed by atoms with E-state index in [-0.39, 0.29) is 4.90 Å². The summed E-state index contributed by atoms with van der Waals surface area (Å²) in [4.78, 5) is 0.0980. The standard InChI is InChI=1S/C14H23ClO5SSi/c1-4-18-22(19-5-2,20-6-3)12-11-13-7-9-14(10-8-13)21(15,16)17/h7-10H,4-6,11-12H2,1-3H3. The number of halogens is 1. The first kappa shape index (κ1) is 19.6. The fourth-order valence-electron chi connectivity index (χ4n) is 2.12. The number of hydrogen-bond donors (Lipinski definition) is 0. The molecule has 0 fully saturated rings. The van der Waals surface area contributed by atoms with E-state index < -0.39 is 17.9 Å². The fraction of sp³-hybridized carbons (Fsp3) is 0.571. The summed E-state index contributed by atoms with van der Waals surface area (Å²) < 4.78 is 39.8. The molecule has 0 spiro atoms. The molecule has 5 nitrogen and oxygen atoms in total. The van der Waals surface area contributed by atoms with E-state index in [2.05, 4.69) is 0 Å². The molecular formula is C14H23ClO5SSi. The van der Waals surface area contributed by atoms with Crippen molar-refractivity contribution in [3.8, 4) is 0 Å². The summed E-state index contributed by atoms with van der Waals surface area (Å²) in [6.45, 7) is 7.36. The Morgan fingerprint density at radius 2 is 1.41 bits per heavy atom. The number of aryl methyl sites for hydroxylation is 1. The summed E-state index contributed by atoms with van der Waals surface area (Å²) in [5.41, 5.74) is 0.986. The zero-order chi connectivity index (χ0) is 16.6. The smallest absolute Gasteiger partial charge is 0.374 e. The minimum absolute atomic E-state index is 0.0980. The minimum Gasteiger partial charge on any atom is -0.374 e. The van der Waals surface area contributed by atoms with Crippen LogP contribution >= 0.6 is 10.7 Å². The lowest BCUT2D eigenvalue weighted by Crippen LogP contribution is -2.46. The highest BCUT2D eigenvalue weighted by Crippen LogP contribution is 2.21. The van der Waals surface area contributed by atoms with Gasteiger partial charge in [0.15, 0.2) is 0 Å². The third kappa shape index (κ3) is 5.98. The molecule has 0 aliphatic heterocycles. The van der Waals surface area contributed by atoms with Gasteiger partial charge in [-0.15, -0.1) is 0 Å². The Bertz CT molecular complexity index is 530. The Hall–Kier alpha value is -0.443. The largest absolute Gasteiger partial charge is 0.501 e. The maximum absolute atomic E-state index is 11.2. The molecule has 0 unspecified atom stereocenters. The summed E-state index contributed by atoms with van der Waals surface area (Å²) in [7, 11) is -1.05. The predicted molar refractivity (Wildman–Crippen MR) is 88.6 cm³/mol. The van der Waals surface area contributed by atoms with Gasteiger partial charge in [-0.1, -0.05) is 12.1 Å². The summed E-state index contributed by atoms with van der Waals surface area (Å²) in [5.74, 6) is 0. The molecule has 0 aromatic heterocycles. The highest BCUT2D eigenvalue weighted by Gasteiger charge is 2.39. The van der Waals surface area contributed by atoms with E-state index in [9.17, 15) is 8.42 Å². The van der Waals surface area contributed by atoms with Gasteiger partial charge in [0.2, 0.25) is 0 Å². The molecule has 1 rings (SSSR count). The number of rotatable bonds is 10. The Morgan fingerprint density at radius 1 is 0.955 bits per heavy atom. The molecule has 1 aromatic carbocycles. The first-order valence-corrected chi connectivity index (χ1v) is 11.6. The van der Waals surface area contributed by atoms with Gasteiger partial charge < -0.3 is 13.3 Å². The van der Waals surface area contributed by atoms with E-state index in [1.165, 1.54) is 12.1 Å². The van der Waals surface area contributed by atoms with Crippen LogP contribution in [-0.4, -0.2) is 37.0 Å². The lowest BCUT2D eigenvalue weighted by molar-refractivity contribution is 0.0714. The van der Waals surface area contributed by atoms with Crippen LogP contribution in [0, 0.1) is 0 Å². The van der Waals surface area contributed by atoms with Gasteiger partial charge >= 0.3 is 8.80 Å². The van der Waals surface area contributed by atoms with Crippen molar-refractivity contribution < 1.29 is 21.7 Å². The summed E-state index contributed by atoms with van der Waals surface area (Å²) in [6.07, 6.45) is 0.689. The minimum atomic E-state index is -3.68. The van der Waals surface area contributed by atoms with Crippen molar-refractivity contribution in [1.29, 1.82) is 0 Å². The van der Waals surface area contributed by atoms with Crippen LogP contribution in [0.15, 0.2) is 29.2 Å². The number of benzene rings is 1. The summed E-state index contributed by atoms with van der Waals surface area (Å²) in [5, 5.41) is 0. The molecule has 0 saturated carbocycles. The van der Waals surface area contributed by atoms with Crippen LogP contribution in [-0.2, 0) is 28.7 Å². The quantitative estimate of drug-likeness (QED) is 0.470. The van der Waals surface area contributed by atoms with Crippen LogP contribution in [0.4, 0.5) is 0 Å². The van der Waals surface area contributed by atoms with Gasteiger partial charge in [0.25, 0.3) is 9.05 Å². The zero-order valence-electron chi connectivity index (χ0n) is 13.2. The normalized spacial score (nSPS) is 12.5. The van der Waals surface area contributed by atoms with E-state index in [0.29, 0.717) is 32.3 Å². The summed E-state index contributed by atoms with van der Waals surface area (Å²) >= 11 is 0. The topological polar surface area (TPSA) is 61.8 Å². The van der Waals surface area contributed by atoms with Crippen LogP contribution in [0.1, 0.15) is 26.3 Å². The average molecular weight is 367 g/mol. The molecule has 0 amide bonds. The highest BCUT2D eigenvalue weighted by atomic mass is 35.7. The third-order valence-electron chi connectivity index (χ3n) is 3.02. The predicted octanol–water partition coefficient (Wildman–Crippen LogP) is 3.21. The maximum atomic E-state index is 11.2. The molecule has 8 heteroatoms. The lowest BCUT2D eigenvalue weighted by atomic mass is 10.2. The van der Waals surface area contributed by atoms with E-state index in [1.54, 1.807) is 12.1 Å². The van der Waals surface area contributed by atoms with E-state index in [1.807, 2.05) is 20.8 Å². The van der Waals surface area contributed by atoms with Crippen molar-refractivity contribution in [2.45, 2.75) is 38.1 Å². The molecular weight excluding hydrogens is 344 g/mol. The van der Waals surface area contributed by atoms with E-state index >= 15 is 0 Å². The van der Waals surface area contributed by atoms with Gasteiger partial charge in [-0.05, 0) is 44.9 Å². The molecule has 1 aromatic rings. The molecule has 22 heavy (non-hydrogen) atoms. The Labute approximate surface area is 138 Å². The second-order valence-electron chi connectivity index (χ2n) is 4.56. The van der Waals surface area contributed by atoms with E-state index in [0.717, 1.165) is 5.56 Å². The number of hydrogen-bond acceptors (Lipinski definition) is 5. The van der Waals surface area contributed by atoms with Crippen molar-refractivity contribution in [1.82, 2.24) is 0 Å². The monoisotopic (exact) mass is 366 g/mol. The van der Waals surface area contributed by atoms with Gasteiger partial charge in [-0.3, -0.25) is 0 Å². The second-order valence-corrected chi connectivity index (χ2v) is 9.86. The van der Waals surface area contributed by atoms with Crippen molar-refractivity contribution in [2.75, 3.05) is 19.8 Å². The van der Waals surface area contributed by atoms with Crippen molar-refractivity contribution in [3.63, 3.8) is 0 Å². The molecule has 0 aliphatic carbocycles. The zero-order valence-corrected chi connectivity index (χ0v) is 15.7. The van der Waals surface area contributed by atoms with Gasteiger partial charge in [0.05, 0.1) is 4.90 Å². The molecule has 0 atom stereocenters. The third-order valence-corrected chi connectivity index (χ3v) is 7.44. The Balaban J connectivity index is 2.79. The van der Waals surface area contributed by atoms with Crippen LogP contribution in [0.5, 0.6) is 0 Å².